The monoisotopic (exact) mass is 305 g/mol. The molecule has 0 spiro atoms. The van der Waals surface area contributed by atoms with Crippen LogP contribution in [-0.2, 0) is 0 Å². The fourth-order valence-corrected chi connectivity index (χ4v) is 3.20. The van der Waals surface area contributed by atoms with Gasteiger partial charge in [-0.05, 0) is 50.3 Å². The summed E-state index contributed by atoms with van der Waals surface area (Å²) < 4.78 is 11.2. The fraction of sp³-hybridized carbons (Fsp3) is 0.611. The van der Waals surface area contributed by atoms with Gasteiger partial charge in [-0.1, -0.05) is 13.8 Å². The zero-order valence-corrected chi connectivity index (χ0v) is 14.1. The van der Waals surface area contributed by atoms with E-state index < -0.39 is 0 Å². The number of amides is 1. The third-order valence-electron chi connectivity index (χ3n) is 3.95. The van der Waals surface area contributed by atoms with Crippen molar-refractivity contribution >= 4 is 5.91 Å². The largest absolute Gasteiger partial charge is 0.490 e. The van der Waals surface area contributed by atoms with Gasteiger partial charge in [0, 0.05) is 18.7 Å². The molecule has 0 aromatic heterocycles. The number of nitrogens with zero attached hydrogens (tertiary/aromatic N) is 1. The van der Waals surface area contributed by atoms with Crippen molar-refractivity contribution in [2.24, 2.45) is 11.8 Å². The van der Waals surface area contributed by atoms with Gasteiger partial charge in [0.25, 0.3) is 5.91 Å². The topological polar surface area (TPSA) is 38.8 Å². The molecule has 1 aliphatic heterocycles. The number of rotatable bonds is 5. The van der Waals surface area contributed by atoms with Gasteiger partial charge in [0.15, 0.2) is 11.5 Å². The van der Waals surface area contributed by atoms with Crippen LogP contribution in [0, 0.1) is 11.8 Å². The van der Waals surface area contributed by atoms with Crippen LogP contribution in [0.2, 0.25) is 0 Å². The molecule has 1 amide bonds. The second kappa shape index (κ2) is 7.52. The Balaban J connectivity index is 2.20. The summed E-state index contributed by atoms with van der Waals surface area (Å²) in [6.45, 7) is 11.1. The number of benzene rings is 1. The molecule has 4 nitrogen and oxygen atoms in total. The predicted molar refractivity (Wildman–Crippen MR) is 87.6 cm³/mol. The molecule has 1 fully saturated rings. The Bertz CT molecular complexity index is 505. The number of piperidine rings is 1. The van der Waals surface area contributed by atoms with E-state index in [1.807, 2.05) is 30.9 Å². The summed E-state index contributed by atoms with van der Waals surface area (Å²) in [5.41, 5.74) is 0.674. The van der Waals surface area contributed by atoms with E-state index in [1.165, 1.54) is 6.42 Å². The van der Waals surface area contributed by atoms with Crippen LogP contribution in [-0.4, -0.2) is 37.1 Å². The quantitative estimate of drug-likeness (QED) is 0.834. The lowest BCUT2D eigenvalue weighted by atomic mass is 9.91. The first-order valence-electron chi connectivity index (χ1n) is 8.24. The number of carbonyl (C=O) groups is 1. The van der Waals surface area contributed by atoms with Crippen molar-refractivity contribution in [2.75, 3.05) is 26.3 Å². The van der Waals surface area contributed by atoms with E-state index in [9.17, 15) is 4.79 Å². The normalized spacial score (nSPS) is 21.5. The maximum absolute atomic E-state index is 12.7. The molecular weight excluding hydrogens is 278 g/mol. The summed E-state index contributed by atoms with van der Waals surface area (Å²) in [5.74, 6) is 2.54. The number of likely N-dealkylation sites (tertiary alicyclic amines) is 1. The van der Waals surface area contributed by atoms with E-state index in [-0.39, 0.29) is 5.91 Å². The third kappa shape index (κ3) is 3.93. The van der Waals surface area contributed by atoms with Crippen molar-refractivity contribution in [2.45, 2.75) is 34.1 Å². The van der Waals surface area contributed by atoms with Crippen LogP contribution in [0.3, 0.4) is 0 Å². The average molecular weight is 305 g/mol. The standard InChI is InChI=1S/C18H27NO3/c1-5-21-16-8-7-15(10-17(16)22-6-2)18(20)19-11-13(3)9-14(4)12-19/h7-8,10,13-14H,5-6,9,11-12H2,1-4H3. The van der Waals surface area contributed by atoms with Crippen molar-refractivity contribution < 1.29 is 14.3 Å². The molecule has 1 aromatic carbocycles. The van der Waals surface area contributed by atoms with E-state index in [1.54, 1.807) is 6.07 Å². The molecule has 0 radical (unpaired) electrons. The zero-order chi connectivity index (χ0) is 16.1. The maximum Gasteiger partial charge on any atom is 0.254 e. The molecule has 1 aliphatic rings. The molecular formula is C18H27NO3. The Kier molecular flexibility index (Phi) is 5.69. The van der Waals surface area contributed by atoms with Gasteiger partial charge in [0.05, 0.1) is 13.2 Å². The summed E-state index contributed by atoms with van der Waals surface area (Å²) in [6.07, 6.45) is 1.19. The van der Waals surface area contributed by atoms with Crippen molar-refractivity contribution in [1.29, 1.82) is 0 Å². The zero-order valence-electron chi connectivity index (χ0n) is 14.1. The van der Waals surface area contributed by atoms with Crippen LogP contribution < -0.4 is 9.47 Å². The molecule has 2 rings (SSSR count). The number of hydrogen-bond acceptors (Lipinski definition) is 3. The van der Waals surface area contributed by atoms with Crippen LogP contribution in [0.25, 0.3) is 0 Å². The van der Waals surface area contributed by atoms with E-state index >= 15 is 0 Å². The highest BCUT2D eigenvalue weighted by molar-refractivity contribution is 5.95. The first-order valence-corrected chi connectivity index (χ1v) is 8.24. The smallest absolute Gasteiger partial charge is 0.254 e. The van der Waals surface area contributed by atoms with Crippen molar-refractivity contribution in [3.8, 4) is 11.5 Å². The summed E-state index contributed by atoms with van der Waals surface area (Å²) in [5, 5.41) is 0. The lowest BCUT2D eigenvalue weighted by molar-refractivity contribution is 0.0622. The van der Waals surface area contributed by atoms with E-state index in [0.717, 1.165) is 13.1 Å². The molecule has 4 heteroatoms. The second-order valence-electron chi connectivity index (χ2n) is 6.18. The van der Waals surface area contributed by atoms with Crippen LogP contribution in [0.1, 0.15) is 44.5 Å². The number of hydrogen-bond donors (Lipinski definition) is 0. The van der Waals surface area contributed by atoms with Gasteiger partial charge >= 0.3 is 0 Å². The molecule has 2 unspecified atom stereocenters. The second-order valence-corrected chi connectivity index (χ2v) is 6.18. The van der Waals surface area contributed by atoms with Crippen LogP contribution in [0.15, 0.2) is 18.2 Å². The van der Waals surface area contributed by atoms with E-state index in [4.69, 9.17) is 9.47 Å². The van der Waals surface area contributed by atoms with Crippen LogP contribution in [0.4, 0.5) is 0 Å². The highest BCUT2D eigenvalue weighted by Gasteiger charge is 2.26. The van der Waals surface area contributed by atoms with Crippen molar-refractivity contribution in [3.63, 3.8) is 0 Å². The summed E-state index contributed by atoms with van der Waals surface area (Å²) >= 11 is 0. The fourth-order valence-electron chi connectivity index (χ4n) is 3.20. The molecule has 0 saturated carbocycles. The Labute approximate surface area is 133 Å². The molecule has 1 heterocycles. The van der Waals surface area contributed by atoms with Gasteiger partial charge in [-0.25, -0.2) is 0 Å². The number of carbonyl (C=O) groups excluding carboxylic acids is 1. The molecule has 0 N–H and O–H groups in total. The first-order chi connectivity index (χ1) is 10.5. The minimum absolute atomic E-state index is 0.0856. The SMILES string of the molecule is CCOc1ccc(C(=O)N2CC(C)CC(C)C2)cc1OCC. The lowest BCUT2D eigenvalue weighted by Gasteiger charge is -2.35. The highest BCUT2D eigenvalue weighted by atomic mass is 16.5. The lowest BCUT2D eigenvalue weighted by Crippen LogP contribution is -2.42. The van der Waals surface area contributed by atoms with Gasteiger partial charge in [0.1, 0.15) is 0 Å². The summed E-state index contributed by atoms with van der Waals surface area (Å²) in [7, 11) is 0. The average Bonchev–Trinajstić information content (AvgIpc) is 2.48. The Morgan fingerprint density at radius 3 is 2.27 bits per heavy atom. The van der Waals surface area contributed by atoms with Crippen LogP contribution in [0.5, 0.6) is 11.5 Å². The van der Waals surface area contributed by atoms with Gasteiger partial charge in [-0.3, -0.25) is 4.79 Å². The summed E-state index contributed by atoms with van der Waals surface area (Å²) in [6, 6.07) is 5.47. The number of ether oxygens (including phenoxy) is 2. The Morgan fingerprint density at radius 1 is 1.09 bits per heavy atom. The molecule has 1 saturated heterocycles. The predicted octanol–water partition coefficient (Wildman–Crippen LogP) is 3.60. The van der Waals surface area contributed by atoms with Crippen molar-refractivity contribution in [1.82, 2.24) is 4.90 Å². The third-order valence-corrected chi connectivity index (χ3v) is 3.95. The maximum atomic E-state index is 12.7. The van der Waals surface area contributed by atoms with Gasteiger partial charge in [0.2, 0.25) is 0 Å². The summed E-state index contributed by atoms with van der Waals surface area (Å²) in [4.78, 5) is 14.7. The van der Waals surface area contributed by atoms with Crippen LogP contribution >= 0.6 is 0 Å². The van der Waals surface area contributed by atoms with Gasteiger partial charge < -0.3 is 14.4 Å². The Morgan fingerprint density at radius 2 is 1.68 bits per heavy atom. The first kappa shape index (κ1) is 16.7. The molecule has 2 atom stereocenters. The molecule has 22 heavy (non-hydrogen) atoms. The molecule has 0 bridgehead atoms. The Hall–Kier alpha value is -1.71. The minimum atomic E-state index is 0.0856. The molecule has 122 valence electrons. The molecule has 0 aliphatic carbocycles. The minimum Gasteiger partial charge on any atom is -0.490 e. The van der Waals surface area contributed by atoms with E-state index in [0.29, 0.717) is 42.1 Å². The van der Waals surface area contributed by atoms with Gasteiger partial charge in [-0.2, -0.15) is 0 Å². The van der Waals surface area contributed by atoms with Gasteiger partial charge in [-0.15, -0.1) is 0 Å². The highest BCUT2D eigenvalue weighted by Crippen LogP contribution is 2.30. The van der Waals surface area contributed by atoms with Crippen molar-refractivity contribution in [3.05, 3.63) is 23.8 Å². The van der Waals surface area contributed by atoms with E-state index in [2.05, 4.69) is 13.8 Å². The molecule has 1 aromatic rings.